The fourth-order valence-corrected chi connectivity index (χ4v) is 3.91. The zero-order valence-electron chi connectivity index (χ0n) is 14.3. The minimum Gasteiger partial charge on any atom is -0.494 e. The summed E-state index contributed by atoms with van der Waals surface area (Å²) in [6, 6.07) is 11.0. The monoisotopic (exact) mass is 398 g/mol. The number of nitrogens with zero attached hydrogens (tertiary/aromatic N) is 2. The van der Waals surface area contributed by atoms with E-state index in [0.29, 0.717) is 22.3 Å². The molecule has 0 aliphatic rings. The van der Waals surface area contributed by atoms with Crippen LogP contribution >= 0.6 is 23.6 Å². The van der Waals surface area contributed by atoms with Crippen molar-refractivity contribution in [3.63, 3.8) is 0 Å². The van der Waals surface area contributed by atoms with E-state index < -0.39 is 5.82 Å². The summed E-state index contributed by atoms with van der Waals surface area (Å²) in [5.74, 6) is -0.239. The lowest BCUT2D eigenvalue weighted by Gasteiger charge is -2.10. The van der Waals surface area contributed by atoms with Crippen LogP contribution in [0.5, 0.6) is 5.75 Å². The summed E-state index contributed by atoms with van der Waals surface area (Å²) in [4.78, 5) is 8.51. The van der Waals surface area contributed by atoms with Crippen molar-refractivity contribution in [2.45, 2.75) is 6.54 Å². The Balaban J connectivity index is 1.47. The van der Waals surface area contributed by atoms with Gasteiger partial charge in [0.15, 0.2) is 21.8 Å². The maximum absolute atomic E-state index is 13.8. The van der Waals surface area contributed by atoms with E-state index in [9.17, 15) is 4.39 Å². The summed E-state index contributed by atoms with van der Waals surface area (Å²) < 4.78 is 19.6. The topological polar surface area (TPSA) is 59.1 Å². The van der Waals surface area contributed by atoms with Gasteiger partial charge in [-0.25, -0.2) is 9.37 Å². The quantitative estimate of drug-likeness (QED) is 0.495. The Labute approximate surface area is 164 Å². The first kappa shape index (κ1) is 17.6. The van der Waals surface area contributed by atoms with E-state index in [4.69, 9.17) is 17.0 Å². The highest BCUT2D eigenvalue weighted by atomic mass is 32.1. The van der Waals surface area contributed by atoms with Crippen molar-refractivity contribution in [3.05, 3.63) is 60.2 Å². The Kier molecular flexibility index (Phi) is 4.83. The summed E-state index contributed by atoms with van der Waals surface area (Å²) in [6.07, 6.45) is 3.61. The summed E-state index contributed by atoms with van der Waals surface area (Å²) >= 11 is 6.75. The van der Waals surface area contributed by atoms with Gasteiger partial charge in [-0.2, -0.15) is 0 Å². The standard InChI is InChI=1S/C19H15FN4OS2/c1-25-16-8-17-15(7-14(16)20)23-19(27-17)24-18(26)22-10-12-4-2-3-11-9-21-6-5-13(11)12/h2-9H,10H2,1H3,(H2,22,23,24,26). The molecular formula is C19H15FN4OS2. The molecule has 0 unspecified atom stereocenters. The lowest BCUT2D eigenvalue weighted by atomic mass is 10.1. The van der Waals surface area contributed by atoms with Crippen molar-refractivity contribution in [3.8, 4) is 5.75 Å². The van der Waals surface area contributed by atoms with Crippen LogP contribution in [0.1, 0.15) is 5.56 Å². The van der Waals surface area contributed by atoms with Gasteiger partial charge in [0.2, 0.25) is 0 Å². The van der Waals surface area contributed by atoms with Gasteiger partial charge in [-0.1, -0.05) is 29.5 Å². The van der Waals surface area contributed by atoms with Crippen molar-refractivity contribution in [1.82, 2.24) is 15.3 Å². The number of pyridine rings is 1. The zero-order valence-corrected chi connectivity index (χ0v) is 16.0. The number of fused-ring (bicyclic) bond motifs is 2. The first-order valence-corrected chi connectivity index (χ1v) is 9.37. The SMILES string of the molecule is COc1cc2sc(NC(=S)NCc3cccc4cnccc34)nc2cc1F. The van der Waals surface area contributed by atoms with Crippen molar-refractivity contribution in [1.29, 1.82) is 0 Å². The van der Waals surface area contributed by atoms with Crippen LogP contribution in [-0.2, 0) is 6.54 Å². The lowest BCUT2D eigenvalue weighted by molar-refractivity contribution is 0.387. The molecule has 0 amide bonds. The van der Waals surface area contributed by atoms with Gasteiger partial charge in [0.25, 0.3) is 0 Å². The molecular weight excluding hydrogens is 383 g/mol. The molecule has 136 valence electrons. The number of thiazole rings is 1. The van der Waals surface area contributed by atoms with Crippen molar-refractivity contribution in [2.24, 2.45) is 0 Å². The molecule has 0 radical (unpaired) electrons. The molecule has 8 heteroatoms. The molecule has 0 saturated heterocycles. The second-order valence-corrected chi connectivity index (χ2v) is 7.23. The molecule has 0 aliphatic carbocycles. The van der Waals surface area contributed by atoms with E-state index in [1.807, 2.05) is 30.5 Å². The fraction of sp³-hybridized carbons (Fsp3) is 0.105. The smallest absolute Gasteiger partial charge is 0.190 e. The van der Waals surface area contributed by atoms with Gasteiger partial charge in [0.05, 0.1) is 17.3 Å². The van der Waals surface area contributed by atoms with Crippen LogP contribution in [0.25, 0.3) is 21.0 Å². The van der Waals surface area contributed by atoms with Gasteiger partial charge in [-0.3, -0.25) is 4.98 Å². The van der Waals surface area contributed by atoms with Gasteiger partial charge < -0.3 is 15.4 Å². The van der Waals surface area contributed by atoms with Crippen molar-refractivity contribution in [2.75, 3.05) is 12.4 Å². The number of hydrogen-bond donors (Lipinski definition) is 2. The van der Waals surface area contributed by atoms with Gasteiger partial charge in [0.1, 0.15) is 0 Å². The third-order valence-corrected chi connectivity index (χ3v) is 5.27. The first-order chi connectivity index (χ1) is 13.1. The van der Waals surface area contributed by atoms with Gasteiger partial charge in [-0.15, -0.1) is 0 Å². The van der Waals surface area contributed by atoms with E-state index in [-0.39, 0.29) is 5.75 Å². The normalized spacial score (nSPS) is 10.9. The Hall–Kier alpha value is -2.84. The number of rotatable bonds is 4. The van der Waals surface area contributed by atoms with E-state index in [2.05, 4.69) is 20.6 Å². The van der Waals surface area contributed by atoms with Gasteiger partial charge >= 0.3 is 0 Å². The Bertz CT molecular complexity index is 1140. The number of anilines is 1. The van der Waals surface area contributed by atoms with Crippen molar-refractivity contribution < 1.29 is 9.13 Å². The summed E-state index contributed by atoms with van der Waals surface area (Å²) in [5, 5.41) is 9.50. The molecule has 0 spiro atoms. The Morgan fingerprint density at radius 2 is 2.19 bits per heavy atom. The molecule has 2 heterocycles. The number of hydrogen-bond acceptors (Lipinski definition) is 5. The highest BCUT2D eigenvalue weighted by molar-refractivity contribution is 7.80. The van der Waals surface area contributed by atoms with Crippen LogP contribution in [0.3, 0.4) is 0 Å². The molecule has 0 fully saturated rings. The number of ether oxygens (including phenoxy) is 1. The zero-order chi connectivity index (χ0) is 18.8. The number of aromatic nitrogens is 2. The molecule has 0 bridgehead atoms. The molecule has 0 saturated carbocycles. The van der Waals surface area contributed by atoms with Crippen LogP contribution in [0.4, 0.5) is 9.52 Å². The Morgan fingerprint density at radius 3 is 3.04 bits per heavy atom. The summed E-state index contributed by atoms with van der Waals surface area (Å²) in [6.45, 7) is 0.570. The number of benzene rings is 2. The molecule has 4 rings (SSSR count). The van der Waals surface area contributed by atoms with Crippen molar-refractivity contribution >= 4 is 54.8 Å². The predicted octanol–water partition coefficient (Wildman–Crippen LogP) is 4.48. The summed E-state index contributed by atoms with van der Waals surface area (Å²) in [7, 11) is 1.44. The highest BCUT2D eigenvalue weighted by Gasteiger charge is 2.11. The second-order valence-electron chi connectivity index (χ2n) is 5.80. The molecule has 2 aromatic carbocycles. The molecule has 2 aromatic heterocycles. The molecule has 0 aliphatic heterocycles. The van der Waals surface area contributed by atoms with Gasteiger partial charge in [0, 0.05) is 36.5 Å². The third-order valence-electron chi connectivity index (χ3n) is 4.09. The molecule has 27 heavy (non-hydrogen) atoms. The number of nitrogens with one attached hydrogen (secondary N) is 2. The minimum atomic E-state index is -0.437. The molecule has 4 aromatic rings. The van der Waals surface area contributed by atoms with E-state index in [1.54, 1.807) is 12.3 Å². The predicted molar refractivity (Wildman–Crippen MR) is 111 cm³/mol. The first-order valence-electron chi connectivity index (χ1n) is 8.14. The molecule has 0 atom stereocenters. The molecule has 5 nitrogen and oxygen atoms in total. The van der Waals surface area contributed by atoms with Crippen LogP contribution in [0.15, 0.2) is 48.8 Å². The van der Waals surface area contributed by atoms with Crippen LogP contribution in [0.2, 0.25) is 0 Å². The van der Waals surface area contributed by atoms with E-state index >= 15 is 0 Å². The number of methoxy groups -OCH3 is 1. The second kappa shape index (κ2) is 7.42. The van der Waals surface area contributed by atoms with Crippen LogP contribution in [0, 0.1) is 5.82 Å². The average Bonchev–Trinajstić information content (AvgIpc) is 3.06. The fourth-order valence-electron chi connectivity index (χ4n) is 2.80. The highest BCUT2D eigenvalue weighted by Crippen LogP contribution is 2.31. The average molecular weight is 398 g/mol. The maximum Gasteiger partial charge on any atom is 0.190 e. The Morgan fingerprint density at radius 1 is 1.30 bits per heavy atom. The van der Waals surface area contributed by atoms with E-state index in [1.165, 1.54) is 24.5 Å². The summed E-state index contributed by atoms with van der Waals surface area (Å²) in [5.41, 5.74) is 1.68. The number of halogens is 1. The lowest BCUT2D eigenvalue weighted by Crippen LogP contribution is -2.27. The third kappa shape index (κ3) is 3.67. The van der Waals surface area contributed by atoms with Crippen LogP contribution < -0.4 is 15.4 Å². The van der Waals surface area contributed by atoms with Crippen LogP contribution in [-0.4, -0.2) is 22.2 Å². The van der Waals surface area contributed by atoms with Gasteiger partial charge in [-0.05, 0) is 29.2 Å². The molecule has 2 N–H and O–H groups in total. The minimum absolute atomic E-state index is 0.198. The van der Waals surface area contributed by atoms with E-state index in [0.717, 1.165) is 21.0 Å². The maximum atomic E-state index is 13.8. The largest absolute Gasteiger partial charge is 0.494 e. The number of thiocarbonyl (C=S) groups is 1.